The number of aromatic hydroxyl groups is 1. The lowest BCUT2D eigenvalue weighted by Crippen LogP contribution is -2.09. The molecule has 0 amide bonds. The quantitative estimate of drug-likeness (QED) is 0.678. The molecule has 0 aliphatic rings. The fourth-order valence-electron chi connectivity index (χ4n) is 2.50. The third-order valence-corrected chi connectivity index (χ3v) is 4.63. The number of hydrogen-bond donors (Lipinski definition) is 2. The number of benzene rings is 2. The van der Waals surface area contributed by atoms with Crippen molar-refractivity contribution in [3.63, 3.8) is 0 Å². The van der Waals surface area contributed by atoms with Gasteiger partial charge in [0.25, 0.3) is 0 Å². The van der Waals surface area contributed by atoms with Gasteiger partial charge in [-0.15, -0.1) is 0 Å². The highest BCUT2D eigenvalue weighted by atomic mass is 35.5. The first-order valence-electron chi connectivity index (χ1n) is 6.56. The van der Waals surface area contributed by atoms with Crippen LogP contribution in [0, 0.1) is 0 Å². The molecular weight excluding hydrogens is 361 g/mol. The summed E-state index contributed by atoms with van der Waals surface area (Å²) >= 11 is 18.1. The summed E-state index contributed by atoms with van der Waals surface area (Å²) < 4.78 is 1.57. The molecule has 0 fully saturated rings. The Morgan fingerprint density at radius 1 is 1.04 bits per heavy atom. The molecule has 2 aromatic carbocycles. The van der Waals surface area contributed by atoms with Crippen molar-refractivity contribution in [2.24, 2.45) is 0 Å². The number of aromatic nitrogens is 1. The fraction of sp³-hybridized carbons (Fsp3) is 0.0625. The number of phenols is 1. The first-order valence-corrected chi connectivity index (χ1v) is 7.70. The highest BCUT2D eigenvalue weighted by molar-refractivity contribution is 6.42. The van der Waals surface area contributed by atoms with E-state index in [4.69, 9.17) is 34.8 Å². The molecule has 0 saturated heterocycles. The standard InChI is InChI=1S/C16H10Cl3NO3/c17-11-3-1-8(5-12(11)18)7-20-13-4-2-9(21)6-10(13)14(19)15(20)16(22)23/h1-6,21H,7H2,(H,22,23). The molecule has 0 radical (unpaired) electrons. The molecule has 0 unspecified atom stereocenters. The van der Waals surface area contributed by atoms with Gasteiger partial charge in [0, 0.05) is 11.9 Å². The average molecular weight is 371 g/mol. The van der Waals surface area contributed by atoms with Crippen LogP contribution in [0.3, 0.4) is 0 Å². The fourth-order valence-corrected chi connectivity index (χ4v) is 3.15. The van der Waals surface area contributed by atoms with E-state index < -0.39 is 5.97 Å². The van der Waals surface area contributed by atoms with E-state index in [1.807, 2.05) is 0 Å². The topological polar surface area (TPSA) is 62.5 Å². The molecule has 3 rings (SSSR count). The van der Waals surface area contributed by atoms with E-state index in [1.54, 1.807) is 28.8 Å². The summed E-state index contributed by atoms with van der Waals surface area (Å²) in [6, 6.07) is 9.64. The largest absolute Gasteiger partial charge is 0.508 e. The minimum absolute atomic E-state index is 0.0167. The molecular formula is C16H10Cl3NO3. The number of carboxylic acid groups (broad SMARTS) is 1. The zero-order valence-electron chi connectivity index (χ0n) is 11.6. The maximum atomic E-state index is 11.6. The van der Waals surface area contributed by atoms with Crippen LogP contribution in [0.5, 0.6) is 5.75 Å². The second kappa shape index (κ2) is 5.96. The molecule has 4 nitrogen and oxygen atoms in total. The van der Waals surface area contributed by atoms with Crippen LogP contribution in [0.2, 0.25) is 15.1 Å². The monoisotopic (exact) mass is 369 g/mol. The van der Waals surface area contributed by atoms with E-state index in [9.17, 15) is 15.0 Å². The molecule has 0 aliphatic heterocycles. The van der Waals surface area contributed by atoms with Crippen LogP contribution in [-0.4, -0.2) is 20.7 Å². The van der Waals surface area contributed by atoms with Crippen LogP contribution in [0.15, 0.2) is 36.4 Å². The van der Waals surface area contributed by atoms with Gasteiger partial charge in [-0.3, -0.25) is 0 Å². The normalized spacial score (nSPS) is 11.1. The summed E-state index contributed by atoms with van der Waals surface area (Å²) in [5.41, 5.74) is 1.35. The maximum Gasteiger partial charge on any atom is 0.354 e. The van der Waals surface area contributed by atoms with Crippen LogP contribution in [0.1, 0.15) is 16.1 Å². The third-order valence-electron chi connectivity index (χ3n) is 3.51. The molecule has 0 bridgehead atoms. The third kappa shape index (κ3) is 2.85. The van der Waals surface area contributed by atoms with Crippen LogP contribution < -0.4 is 0 Å². The molecule has 0 spiro atoms. The lowest BCUT2D eigenvalue weighted by Gasteiger charge is -2.09. The van der Waals surface area contributed by atoms with Crippen molar-refractivity contribution in [3.8, 4) is 5.75 Å². The number of nitrogens with zero attached hydrogens (tertiary/aromatic N) is 1. The molecule has 1 aromatic heterocycles. The maximum absolute atomic E-state index is 11.6. The Balaban J connectivity index is 2.20. The van der Waals surface area contributed by atoms with Crippen molar-refractivity contribution in [1.82, 2.24) is 4.57 Å². The predicted molar refractivity (Wildman–Crippen MR) is 91.1 cm³/mol. The van der Waals surface area contributed by atoms with Crippen LogP contribution in [-0.2, 0) is 6.54 Å². The first kappa shape index (κ1) is 16.0. The minimum atomic E-state index is -1.15. The highest BCUT2D eigenvalue weighted by Crippen LogP contribution is 2.34. The number of rotatable bonds is 3. The van der Waals surface area contributed by atoms with Gasteiger partial charge in [0.1, 0.15) is 11.4 Å². The van der Waals surface area contributed by atoms with Gasteiger partial charge < -0.3 is 14.8 Å². The van der Waals surface area contributed by atoms with Crippen molar-refractivity contribution in [2.45, 2.75) is 6.54 Å². The van der Waals surface area contributed by atoms with E-state index in [0.717, 1.165) is 5.56 Å². The number of carboxylic acids is 1. The molecule has 0 aliphatic carbocycles. The van der Waals surface area contributed by atoms with E-state index in [-0.39, 0.29) is 23.0 Å². The zero-order valence-corrected chi connectivity index (χ0v) is 13.8. The number of hydrogen-bond acceptors (Lipinski definition) is 2. The van der Waals surface area contributed by atoms with Crippen LogP contribution in [0.25, 0.3) is 10.9 Å². The smallest absolute Gasteiger partial charge is 0.354 e. The summed E-state index contributed by atoms with van der Waals surface area (Å²) in [5.74, 6) is -1.13. The van der Waals surface area contributed by atoms with Gasteiger partial charge in [0.15, 0.2) is 0 Å². The van der Waals surface area contributed by atoms with Crippen LogP contribution in [0.4, 0.5) is 0 Å². The van der Waals surface area contributed by atoms with Gasteiger partial charge >= 0.3 is 5.97 Å². The van der Waals surface area contributed by atoms with Gasteiger partial charge in [0.2, 0.25) is 0 Å². The van der Waals surface area contributed by atoms with Gasteiger partial charge in [-0.1, -0.05) is 40.9 Å². The molecule has 7 heteroatoms. The Labute approximate surface area is 146 Å². The van der Waals surface area contributed by atoms with Crippen molar-refractivity contribution in [1.29, 1.82) is 0 Å². The molecule has 1 heterocycles. The van der Waals surface area contributed by atoms with E-state index in [1.165, 1.54) is 12.1 Å². The Morgan fingerprint density at radius 2 is 1.78 bits per heavy atom. The summed E-state index contributed by atoms with van der Waals surface area (Å²) in [6.45, 7) is 0.256. The van der Waals surface area contributed by atoms with Crippen molar-refractivity contribution >= 4 is 51.7 Å². The second-order valence-corrected chi connectivity index (χ2v) is 6.20. The lowest BCUT2D eigenvalue weighted by atomic mass is 10.2. The number of halogens is 3. The van der Waals surface area contributed by atoms with Gasteiger partial charge in [-0.25, -0.2) is 4.79 Å². The summed E-state index contributed by atoms with van der Waals surface area (Å²) in [6.07, 6.45) is 0. The van der Waals surface area contributed by atoms with E-state index in [2.05, 4.69) is 0 Å². The molecule has 23 heavy (non-hydrogen) atoms. The Hall–Kier alpha value is -1.88. The molecule has 118 valence electrons. The number of phenolic OH excluding ortho intramolecular Hbond substituents is 1. The molecule has 2 N–H and O–H groups in total. The van der Waals surface area contributed by atoms with E-state index >= 15 is 0 Å². The Kier molecular flexibility index (Phi) is 4.15. The number of aromatic carboxylic acids is 1. The lowest BCUT2D eigenvalue weighted by molar-refractivity contribution is 0.0686. The number of carbonyl (C=O) groups is 1. The molecule has 0 saturated carbocycles. The van der Waals surface area contributed by atoms with Gasteiger partial charge in [-0.05, 0) is 35.9 Å². The second-order valence-electron chi connectivity index (χ2n) is 5.00. The zero-order chi connectivity index (χ0) is 16.7. The highest BCUT2D eigenvalue weighted by Gasteiger charge is 2.21. The summed E-state index contributed by atoms with van der Waals surface area (Å²) in [7, 11) is 0. The summed E-state index contributed by atoms with van der Waals surface area (Å²) in [5, 5.41) is 20.5. The molecule has 3 aromatic rings. The van der Waals surface area contributed by atoms with E-state index in [0.29, 0.717) is 20.9 Å². The average Bonchev–Trinajstić information content (AvgIpc) is 2.75. The number of fused-ring (bicyclic) bond motifs is 1. The van der Waals surface area contributed by atoms with Gasteiger partial charge in [-0.2, -0.15) is 0 Å². The SMILES string of the molecule is O=C(O)c1c(Cl)c2cc(O)ccc2n1Cc1ccc(Cl)c(Cl)c1. The van der Waals surface area contributed by atoms with Crippen molar-refractivity contribution < 1.29 is 15.0 Å². The van der Waals surface area contributed by atoms with Gasteiger partial charge in [0.05, 0.1) is 20.6 Å². The van der Waals surface area contributed by atoms with Crippen molar-refractivity contribution in [3.05, 3.63) is 62.7 Å². The Morgan fingerprint density at radius 3 is 2.43 bits per heavy atom. The molecule has 0 atom stereocenters. The Bertz CT molecular complexity index is 934. The van der Waals surface area contributed by atoms with Crippen LogP contribution >= 0.6 is 34.8 Å². The summed E-state index contributed by atoms with van der Waals surface area (Å²) in [4.78, 5) is 11.6. The first-order chi connectivity index (χ1) is 10.9. The minimum Gasteiger partial charge on any atom is -0.508 e. The van der Waals surface area contributed by atoms with Crippen molar-refractivity contribution in [2.75, 3.05) is 0 Å². The predicted octanol–water partition coefficient (Wildman–Crippen LogP) is 5.05.